The zero-order valence-electron chi connectivity index (χ0n) is 14.9. The number of rotatable bonds is 6. The van der Waals surface area contributed by atoms with Crippen LogP contribution in [0.15, 0.2) is 48.5 Å². The largest absolute Gasteiger partial charge is 0.322 e. The van der Waals surface area contributed by atoms with E-state index in [2.05, 4.69) is 10.0 Å². The van der Waals surface area contributed by atoms with Crippen molar-refractivity contribution in [3.63, 3.8) is 0 Å². The van der Waals surface area contributed by atoms with Crippen molar-refractivity contribution in [2.24, 2.45) is 0 Å². The number of anilines is 3. The van der Waals surface area contributed by atoms with E-state index in [1.54, 1.807) is 60.4 Å². The minimum atomic E-state index is -3.33. The smallest absolute Gasteiger partial charge is 0.255 e. The summed E-state index contributed by atoms with van der Waals surface area (Å²) < 4.78 is 25.6. The number of carbonyl (C=O) groups is 2. The van der Waals surface area contributed by atoms with E-state index in [4.69, 9.17) is 0 Å². The quantitative estimate of drug-likeness (QED) is 0.797. The third-order valence-electron chi connectivity index (χ3n) is 4.31. The van der Waals surface area contributed by atoms with Gasteiger partial charge in [-0.15, -0.1) is 0 Å². The van der Waals surface area contributed by atoms with Crippen molar-refractivity contribution < 1.29 is 18.0 Å². The van der Waals surface area contributed by atoms with Crippen molar-refractivity contribution in [3.05, 3.63) is 54.1 Å². The van der Waals surface area contributed by atoms with E-state index in [0.29, 0.717) is 29.9 Å². The molecule has 1 saturated heterocycles. The summed E-state index contributed by atoms with van der Waals surface area (Å²) in [5.41, 5.74) is 2.26. The van der Waals surface area contributed by atoms with E-state index >= 15 is 0 Å². The van der Waals surface area contributed by atoms with Crippen LogP contribution >= 0.6 is 0 Å². The Morgan fingerprint density at radius 1 is 1.04 bits per heavy atom. The fourth-order valence-electron chi connectivity index (χ4n) is 2.79. The van der Waals surface area contributed by atoms with E-state index in [-0.39, 0.29) is 17.6 Å². The van der Waals surface area contributed by atoms with Crippen molar-refractivity contribution in [2.45, 2.75) is 19.8 Å². The number of benzene rings is 2. The Hall–Kier alpha value is -2.87. The highest BCUT2D eigenvalue weighted by atomic mass is 32.2. The number of carbonyl (C=O) groups excluding carboxylic acids is 2. The van der Waals surface area contributed by atoms with E-state index in [0.717, 1.165) is 12.1 Å². The Bertz CT molecular complexity index is 938. The van der Waals surface area contributed by atoms with Gasteiger partial charge in [0.15, 0.2) is 0 Å². The molecule has 0 unspecified atom stereocenters. The van der Waals surface area contributed by atoms with Gasteiger partial charge >= 0.3 is 0 Å². The Morgan fingerprint density at radius 2 is 1.67 bits per heavy atom. The van der Waals surface area contributed by atoms with Crippen LogP contribution in [0, 0.1) is 0 Å². The van der Waals surface area contributed by atoms with Crippen molar-refractivity contribution >= 4 is 38.9 Å². The first-order chi connectivity index (χ1) is 12.9. The van der Waals surface area contributed by atoms with E-state index in [1.165, 1.54) is 0 Å². The van der Waals surface area contributed by atoms with Crippen LogP contribution in [-0.4, -0.2) is 32.5 Å². The molecular weight excluding hydrogens is 366 g/mol. The maximum atomic E-state index is 12.4. The predicted molar refractivity (Wildman–Crippen MR) is 106 cm³/mol. The minimum absolute atomic E-state index is 0.00942. The van der Waals surface area contributed by atoms with Gasteiger partial charge in [-0.1, -0.05) is 0 Å². The van der Waals surface area contributed by atoms with Gasteiger partial charge in [-0.05, 0) is 61.9 Å². The van der Waals surface area contributed by atoms with Crippen molar-refractivity contribution in [1.29, 1.82) is 0 Å². The van der Waals surface area contributed by atoms with E-state index in [9.17, 15) is 18.0 Å². The molecule has 2 N–H and O–H groups in total. The standard InChI is InChI=1S/C19H21N3O4S/c1-2-27(25,26)21-16-9-7-15(8-10-16)20-19(24)14-5-11-17(12-6-14)22-13-3-4-18(22)23/h5-12,21H,2-4,13H2,1H3,(H,20,24). The van der Waals surface area contributed by atoms with Crippen LogP contribution in [-0.2, 0) is 14.8 Å². The van der Waals surface area contributed by atoms with Gasteiger partial charge in [0.05, 0.1) is 5.75 Å². The lowest BCUT2D eigenvalue weighted by Crippen LogP contribution is -2.23. The summed E-state index contributed by atoms with van der Waals surface area (Å²) in [6.07, 6.45) is 1.41. The summed E-state index contributed by atoms with van der Waals surface area (Å²) in [5, 5.41) is 2.76. The molecule has 0 spiro atoms. The molecule has 8 heteroatoms. The summed E-state index contributed by atoms with van der Waals surface area (Å²) >= 11 is 0. The van der Waals surface area contributed by atoms with Crippen molar-refractivity contribution in [3.8, 4) is 0 Å². The lowest BCUT2D eigenvalue weighted by Gasteiger charge is -2.15. The van der Waals surface area contributed by atoms with Gasteiger partial charge in [0, 0.05) is 35.6 Å². The summed E-state index contributed by atoms with van der Waals surface area (Å²) in [6.45, 7) is 2.26. The molecule has 1 fully saturated rings. The number of nitrogens with one attached hydrogen (secondary N) is 2. The van der Waals surface area contributed by atoms with Crippen LogP contribution in [0.2, 0.25) is 0 Å². The zero-order valence-corrected chi connectivity index (χ0v) is 15.8. The molecule has 0 atom stereocenters. The van der Waals surface area contributed by atoms with E-state index in [1.807, 2.05) is 0 Å². The third kappa shape index (κ3) is 4.65. The number of sulfonamides is 1. The Balaban J connectivity index is 1.64. The molecule has 1 aliphatic heterocycles. The van der Waals surface area contributed by atoms with Gasteiger partial charge < -0.3 is 10.2 Å². The first-order valence-electron chi connectivity index (χ1n) is 8.70. The number of hydrogen-bond donors (Lipinski definition) is 2. The molecule has 27 heavy (non-hydrogen) atoms. The maximum absolute atomic E-state index is 12.4. The van der Waals surface area contributed by atoms with Gasteiger partial charge in [0.25, 0.3) is 5.91 Å². The normalized spacial score (nSPS) is 14.3. The molecule has 2 aromatic carbocycles. The Labute approximate surface area is 158 Å². The molecular formula is C19H21N3O4S. The molecule has 7 nitrogen and oxygen atoms in total. The highest BCUT2D eigenvalue weighted by Gasteiger charge is 2.21. The second-order valence-corrected chi connectivity index (χ2v) is 8.24. The zero-order chi connectivity index (χ0) is 19.4. The topological polar surface area (TPSA) is 95.6 Å². The molecule has 1 heterocycles. The van der Waals surface area contributed by atoms with Crippen LogP contribution in [0.4, 0.5) is 17.1 Å². The second kappa shape index (κ2) is 7.79. The molecule has 0 radical (unpaired) electrons. The molecule has 2 aromatic rings. The van der Waals surface area contributed by atoms with Gasteiger partial charge in [-0.3, -0.25) is 14.3 Å². The first-order valence-corrected chi connectivity index (χ1v) is 10.4. The van der Waals surface area contributed by atoms with E-state index < -0.39 is 10.0 Å². The maximum Gasteiger partial charge on any atom is 0.255 e. The van der Waals surface area contributed by atoms with Gasteiger partial charge in [-0.2, -0.15) is 0 Å². The van der Waals surface area contributed by atoms with Crippen LogP contribution in [0.3, 0.4) is 0 Å². The fourth-order valence-corrected chi connectivity index (χ4v) is 3.43. The molecule has 2 amide bonds. The lowest BCUT2D eigenvalue weighted by atomic mass is 10.1. The minimum Gasteiger partial charge on any atom is -0.322 e. The first kappa shape index (κ1) is 18.9. The number of amides is 2. The molecule has 142 valence electrons. The van der Waals surface area contributed by atoms with Crippen LogP contribution < -0.4 is 14.9 Å². The van der Waals surface area contributed by atoms with Gasteiger partial charge in [0.2, 0.25) is 15.9 Å². The molecule has 0 saturated carbocycles. The predicted octanol–water partition coefficient (Wildman–Crippen LogP) is 2.83. The molecule has 0 aromatic heterocycles. The monoisotopic (exact) mass is 387 g/mol. The van der Waals surface area contributed by atoms with Crippen LogP contribution in [0.1, 0.15) is 30.1 Å². The number of hydrogen-bond acceptors (Lipinski definition) is 4. The SMILES string of the molecule is CCS(=O)(=O)Nc1ccc(NC(=O)c2ccc(N3CCCC3=O)cc2)cc1. The van der Waals surface area contributed by atoms with Crippen LogP contribution in [0.5, 0.6) is 0 Å². The summed E-state index contributed by atoms with van der Waals surface area (Å²) in [7, 11) is -3.33. The van der Waals surface area contributed by atoms with Gasteiger partial charge in [-0.25, -0.2) is 8.42 Å². The average Bonchev–Trinajstić information content (AvgIpc) is 3.09. The lowest BCUT2D eigenvalue weighted by molar-refractivity contribution is -0.117. The number of nitrogens with zero attached hydrogens (tertiary/aromatic N) is 1. The van der Waals surface area contributed by atoms with Gasteiger partial charge in [0.1, 0.15) is 0 Å². The van der Waals surface area contributed by atoms with Crippen molar-refractivity contribution in [1.82, 2.24) is 0 Å². The molecule has 0 aliphatic carbocycles. The summed E-state index contributed by atoms with van der Waals surface area (Å²) in [5.74, 6) is -0.188. The average molecular weight is 387 g/mol. The molecule has 3 rings (SSSR count). The summed E-state index contributed by atoms with van der Waals surface area (Å²) in [4.78, 5) is 25.9. The van der Waals surface area contributed by atoms with Crippen LogP contribution in [0.25, 0.3) is 0 Å². The Kier molecular flexibility index (Phi) is 5.46. The highest BCUT2D eigenvalue weighted by Crippen LogP contribution is 2.22. The summed E-state index contributed by atoms with van der Waals surface area (Å²) in [6, 6.07) is 13.3. The second-order valence-electron chi connectivity index (χ2n) is 6.23. The third-order valence-corrected chi connectivity index (χ3v) is 5.62. The molecule has 1 aliphatic rings. The molecule has 0 bridgehead atoms. The fraction of sp³-hybridized carbons (Fsp3) is 0.263. The Morgan fingerprint density at radius 3 is 2.22 bits per heavy atom. The highest BCUT2D eigenvalue weighted by molar-refractivity contribution is 7.92. The van der Waals surface area contributed by atoms with Crippen molar-refractivity contribution in [2.75, 3.05) is 27.2 Å².